The number of halogens is 1. The predicted octanol–water partition coefficient (Wildman–Crippen LogP) is 0.105. The van der Waals surface area contributed by atoms with Gasteiger partial charge in [0.25, 0.3) is 0 Å². The molecule has 0 aliphatic carbocycles. The lowest BCUT2D eigenvalue weighted by molar-refractivity contribution is 0.275. The Morgan fingerprint density at radius 2 is 1.90 bits per heavy atom. The monoisotopic (exact) mass is 313 g/mol. The van der Waals surface area contributed by atoms with Gasteiger partial charge in [0.05, 0.1) is 12.9 Å². The first-order valence-corrected chi connectivity index (χ1v) is 8.39. The topological polar surface area (TPSA) is 73.7 Å². The van der Waals surface area contributed by atoms with Crippen molar-refractivity contribution < 1.29 is 17.9 Å². The van der Waals surface area contributed by atoms with Gasteiger partial charge < -0.3 is 10.0 Å². The Labute approximate surface area is 122 Å². The molecule has 2 aliphatic rings. The van der Waals surface area contributed by atoms with Gasteiger partial charge in [-0.25, -0.2) is 17.8 Å². The summed E-state index contributed by atoms with van der Waals surface area (Å²) in [5.41, 5.74) is 2.23. The summed E-state index contributed by atoms with van der Waals surface area (Å²) in [7, 11) is -3.20. The third-order valence-corrected chi connectivity index (χ3v) is 5.08. The van der Waals surface area contributed by atoms with Gasteiger partial charge in [-0.3, -0.25) is 0 Å². The summed E-state index contributed by atoms with van der Waals surface area (Å²) in [5, 5.41) is 9.10. The summed E-state index contributed by atoms with van der Waals surface area (Å²) < 4.78 is 38.7. The number of nitrogens with zero attached hydrogens (tertiary/aromatic N) is 3. The molecule has 0 fully saturated rings. The first-order chi connectivity index (χ1) is 9.90. The van der Waals surface area contributed by atoms with Crippen LogP contribution in [-0.2, 0) is 16.6 Å². The molecule has 6 nitrogen and oxygen atoms in total. The summed E-state index contributed by atoms with van der Waals surface area (Å²) in [5.74, 6) is -0.303. The van der Waals surface area contributed by atoms with Crippen LogP contribution in [0.2, 0.25) is 0 Å². The Kier molecular flexibility index (Phi) is 3.46. The zero-order valence-electron chi connectivity index (χ0n) is 11.6. The molecular formula is C13H16FN3O3S. The van der Waals surface area contributed by atoms with Crippen molar-refractivity contribution in [3.05, 3.63) is 34.8 Å². The molecule has 1 aromatic rings. The lowest BCUT2D eigenvalue weighted by atomic mass is 10.2. The number of aliphatic hydroxyl groups is 1. The molecule has 0 saturated carbocycles. The lowest BCUT2D eigenvalue weighted by Gasteiger charge is -2.23. The molecule has 0 amide bonds. The fourth-order valence-corrected chi connectivity index (χ4v) is 3.52. The molecule has 2 aliphatic heterocycles. The first-order valence-electron chi connectivity index (χ1n) is 6.54. The van der Waals surface area contributed by atoms with Crippen molar-refractivity contribution in [2.45, 2.75) is 6.61 Å². The van der Waals surface area contributed by atoms with E-state index in [-0.39, 0.29) is 18.0 Å². The van der Waals surface area contributed by atoms with Crippen molar-refractivity contribution >= 4 is 15.8 Å². The molecule has 0 aromatic carbocycles. The molecule has 0 bridgehead atoms. The van der Waals surface area contributed by atoms with Gasteiger partial charge in [0.15, 0.2) is 11.6 Å². The predicted molar refractivity (Wildman–Crippen MR) is 75.8 cm³/mol. The van der Waals surface area contributed by atoms with E-state index >= 15 is 0 Å². The fraction of sp³-hybridized carbons (Fsp3) is 0.462. The first kappa shape index (κ1) is 14.4. The van der Waals surface area contributed by atoms with Crippen molar-refractivity contribution in [3.63, 3.8) is 0 Å². The molecule has 3 rings (SSSR count). The quantitative estimate of drug-likeness (QED) is 0.802. The molecule has 114 valence electrons. The number of aromatic nitrogens is 1. The minimum Gasteiger partial charge on any atom is -0.392 e. The van der Waals surface area contributed by atoms with Crippen molar-refractivity contribution in [2.24, 2.45) is 0 Å². The molecule has 1 N–H and O–H groups in total. The molecule has 3 heterocycles. The minimum atomic E-state index is -3.20. The SMILES string of the molecule is CS(=O)(=O)N1CC2=C(CN(c3nccc(CO)c3F)C2)C1. The Balaban J connectivity index is 1.77. The maximum Gasteiger partial charge on any atom is 0.211 e. The molecule has 1 aromatic heterocycles. The van der Waals surface area contributed by atoms with Crippen LogP contribution in [0.4, 0.5) is 10.2 Å². The maximum atomic E-state index is 14.2. The van der Waals surface area contributed by atoms with Crippen LogP contribution in [0.15, 0.2) is 23.4 Å². The largest absolute Gasteiger partial charge is 0.392 e. The second kappa shape index (κ2) is 5.04. The van der Waals surface area contributed by atoms with E-state index in [9.17, 15) is 12.8 Å². The van der Waals surface area contributed by atoms with E-state index in [1.54, 1.807) is 4.90 Å². The Hall–Kier alpha value is -1.51. The molecule has 0 unspecified atom stereocenters. The molecule has 0 radical (unpaired) electrons. The fourth-order valence-electron chi connectivity index (χ4n) is 2.74. The van der Waals surface area contributed by atoms with E-state index in [1.165, 1.54) is 22.8 Å². The van der Waals surface area contributed by atoms with Crippen LogP contribution in [0.5, 0.6) is 0 Å². The summed E-state index contributed by atoms with van der Waals surface area (Å²) in [6.07, 6.45) is 2.66. The van der Waals surface area contributed by atoms with Gasteiger partial charge in [-0.15, -0.1) is 0 Å². The van der Waals surface area contributed by atoms with Crippen LogP contribution in [0.1, 0.15) is 5.56 Å². The van der Waals surface area contributed by atoms with Gasteiger partial charge in [0, 0.05) is 37.9 Å². The van der Waals surface area contributed by atoms with Crippen molar-refractivity contribution in [1.29, 1.82) is 0 Å². The van der Waals surface area contributed by atoms with Crippen molar-refractivity contribution in [1.82, 2.24) is 9.29 Å². The van der Waals surface area contributed by atoms with E-state index < -0.39 is 15.8 Å². The van der Waals surface area contributed by atoms with E-state index in [1.807, 2.05) is 0 Å². The van der Waals surface area contributed by atoms with Crippen molar-refractivity contribution in [3.8, 4) is 0 Å². The summed E-state index contributed by atoms with van der Waals surface area (Å²) >= 11 is 0. The molecule has 21 heavy (non-hydrogen) atoms. The van der Waals surface area contributed by atoms with Gasteiger partial charge in [-0.2, -0.15) is 4.31 Å². The normalized spacial score (nSPS) is 19.5. The second-order valence-corrected chi connectivity index (χ2v) is 7.34. The third kappa shape index (κ3) is 2.54. The van der Waals surface area contributed by atoms with E-state index in [4.69, 9.17) is 5.11 Å². The van der Waals surface area contributed by atoms with Crippen molar-refractivity contribution in [2.75, 3.05) is 37.3 Å². The number of hydrogen-bond acceptors (Lipinski definition) is 5. The van der Waals surface area contributed by atoms with E-state index in [2.05, 4.69) is 4.98 Å². The molecule has 8 heteroatoms. The number of pyridine rings is 1. The van der Waals surface area contributed by atoms with Gasteiger partial charge in [-0.1, -0.05) is 0 Å². The van der Waals surface area contributed by atoms with Gasteiger partial charge >= 0.3 is 0 Å². The lowest BCUT2D eigenvalue weighted by Crippen LogP contribution is -2.34. The van der Waals surface area contributed by atoms with E-state index in [0.29, 0.717) is 26.2 Å². The van der Waals surface area contributed by atoms with Gasteiger partial charge in [0.2, 0.25) is 10.0 Å². The average Bonchev–Trinajstić information content (AvgIpc) is 2.96. The molecule has 0 atom stereocenters. The molecular weight excluding hydrogens is 297 g/mol. The average molecular weight is 313 g/mol. The van der Waals surface area contributed by atoms with E-state index in [0.717, 1.165) is 11.1 Å². The number of rotatable bonds is 3. The van der Waals surface area contributed by atoms with Crippen LogP contribution < -0.4 is 4.90 Å². The van der Waals surface area contributed by atoms with Crippen LogP contribution in [0, 0.1) is 5.82 Å². The highest BCUT2D eigenvalue weighted by atomic mass is 32.2. The number of sulfonamides is 1. The standard InChI is InChI=1S/C13H16FN3O3S/c1-21(19,20)17-6-10-4-16(5-11(10)7-17)13-12(14)9(8-18)2-3-15-13/h2-3,18H,4-8H2,1H3. The smallest absolute Gasteiger partial charge is 0.211 e. The molecule has 0 saturated heterocycles. The summed E-state index contributed by atoms with van der Waals surface area (Å²) in [4.78, 5) is 5.82. The zero-order chi connectivity index (χ0) is 15.2. The number of hydrogen-bond donors (Lipinski definition) is 1. The Morgan fingerprint density at radius 1 is 1.29 bits per heavy atom. The summed E-state index contributed by atoms with van der Waals surface area (Å²) in [6, 6.07) is 1.45. The number of aliphatic hydroxyl groups excluding tert-OH is 1. The van der Waals surface area contributed by atoms with Crippen LogP contribution in [0.25, 0.3) is 0 Å². The maximum absolute atomic E-state index is 14.2. The summed E-state index contributed by atoms with van der Waals surface area (Å²) in [6.45, 7) is 1.31. The van der Waals surface area contributed by atoms with Gasteiger partial charge in [0.1, 0.15) is 0 Å². The highest BCUT2D eigenvalue weighted by Gasteiger charge is 2.35. The highest BCUT2D eigenvalue weighted by molar-refractivity contribution is 7.88. The van der Waals surface area contributed by atoms with Crippen LogP contribution >= 0.6 is 0 Å². The zero-order valence-corrected chi connectivity index (χ0v) is 12.4. The second-order valence-electron chi connectivity index (χ2n) is 5.36. The van der Waals surface area contributed by atoms with Crippen LogP contribution in [0.3, 0.4) is 0 Å². The van der Waals surface area contributed by atoms with Gasteiger partial charge in [-0.05, 0) is 17.2 Å². The number of anilines is 1. The van der Waals surface area contributed by atoms with Crippen LogP contribution in [-0.4, -0.2) is 55.2 Å². The highest BCUT2D eigenvalue weighted by Crippen LogP contribution is 2.31. The molecule has 0 spiro atoms. The Bertz CT molecular complexity index is 699. The minimum absolute atomic E-state index is 0.210. The Morgan fingerprint density at radius 3 is 2.43 bits per heavy atom. The third-order valence-electron chi connectivity index (χ3n) is 3.89.